The highest BCUT2D eigenvalue weighted by Crippen LogP contribution is 2.20. The Kier molecular flexibility index (Phi) is 2.24. The topological polar surface area (TPSA) is 12.9 Å². The second-order valence-electron chi connectivity index (χ2n) is 3.78. The van der Waals surface area contributed by atoms with E-state index in [0.29, 0.717) is 0 Å². The molecule has 2 aromatic rings. The number of benzene rings is 1. The summed E-state index contributed by atoms with van der Waals surface area (Å²) in [5.41, 5.74) is 5.06. The smallest absolute Gasteiger partial charge is 0.0733 e. The summed E-state index contributed by atoms with van der Waals surface area (Å²) >= 11 is 0. The fraction of sp³-hybridized carbons (Fsp3) is 0.308. The summed E-state index contributed by atoms with van der Waals surface area (Å²) in [6, 6.07) is 6.55. The lowest BCUT2D eigenvalue weighted by Gasteiger charge is -2.05. The summed E-state index contributed by atoms with van der Waals surface area (Å²) in [4.78, 5) is 4.51. The minimum absolute atomic E-state index is 1.05. The van der Waals surface area contributed by atoms with Crippen LogP contribution in [0.25, 0.3) is 10.9 Å². The lowest BCUT2D eigenvalue weighted by molar-refractivity contribution is 1.12. The third-order valence-corrected chi connectivity index (χ3v) is 2.84. The van der Waals surface area contributed by atoms with E-state index in [4.69, 9.17) is 0 Å². The predicted molar refractivity (Wildman–Crippen MR) is 60.6 cm³/mol. The Morgan fingerprint density at radius 3 is 2.71 bits per heavy atom. The summed E-state index contributed by atoms with van der Waals surface area (Å²) in [5, 5.41) is 1.26. The average molecular weight is 185 g/mol. The number of hydrogen-bond donors (Lipinski definition) is 0. The molecule has 0 N–H and O–H groups in total. The second kappa shape index (κ2) is 3.41. The number of hydrogen-bond acceptors (Lipinski definition) is 1. The zero-order valence-electron chi connectivity index (χ0n) is 8.96. The fourth-order valence-corrected chi connectivity index (χ4v) is 1.69. The highest BCUT2D eigenvalue weighted by atomic mass is 14.7. The molecule has 1 heterocycles. The van der Waals surface area contributed by atoms with Gasteiger partial charge in [-0.2, -0.15) is 0 Å². The molecule has 72 valence electrons. The maximum atomic E-state index is 4.51. The van der Waals surface area contributed by atoms with Gasteiger partial charge in [-0.3, -0.25) is 4.98 Å². The lowest BCUT2D eigenvalue weighted by Crippen LogP contribution is -1.89. The second-order valence-corrected chi connectivity index (χ2v) is 3.78. The monoisotopic (exact) mass is 185 g/mol. The van der Waals surface area contributed by atoms with Crippen LogP contribution < -0.4 is 0 Å². The first-order valence-electron chi connectivity index (χ1n) is 5.07. The molecule has 0 saturated heterocycles. The van der Waals surface area contributed by atoms with Gasteiger partial charge in [-0.15, -0.1) is 0 Å². The number of nitrogens with zero attached hydrogens (tertiary/aromatic N) is 1. The van der Waals surface area contributed by atoms with Crippen LogP contribution in [0.15, 0.2) is 24.4 Å². The van der Waals surface area contributed by atoms with Gasteiger partial charge in [0.15, 0.2) is 0 Å². The highest BCUT2D eigenvalue weighted by Gasteiger charge is 2.01. The van der Waals surface area contributed by atoms with Crippen molar-refractivity contribution in [2.24, 2.45) is 0 Å². The van der Waals surface area contributed by atoms with Gasteiger partial charge < -0.3 is 0 Å². The highest BCUT2D eigenvalue weighted by molar-refractivity contribution is 5.83. The molecule has 14 heavy (non-hydrogen) atoms. The molecular formula is C13H15N. The Morgan fingerprint density at radius 1 is 1.21 bits per heavy atom. The molecule has 0 aliphatic carbocycles. The summed E-state index contributed by atoms with van der Waals surface area (Å²) in [6.07, 6.45) is 3.03. The van der Waals surface area contributed by atoms with Gasteiger partial charge in [-0.25, -0.2) is 0 Å². The third-order valence-electron chi connectivity index (χ3n) is 2.84. The molecule has 0 radical (unpaired) electrons. The van der Waals surface area contributed by atoms with Crippen molar-refractivity contribution >= 4 is 10.9 Å². The lowest BCUT2D eigenvalue weighted by atomic mass is 10.0. The van der Waals surface area contributed by atoms with Gasteiger partial charge in [0, 0.05) is 11.6 Å². The summed E-state index contributed by atoms with van der Waals surface area (Å²) in [6.45, 7) is 6.42. The van der Waals surface area contributed by atoms with Crippen molar-refractivity contribution in [2.75, 3.05) is 0 Å². The largest absolute Gasteiger partial charge is 0.256 e. The van der Waals surface area contributed by atoms with Crippen LogP contribution in [0.1, 0.15) is 23.6 Å². The van der Waals surface area contributed by atoms with Crippen molar-refractivity contribution < 1.29 is 0 Å². The van der Waals surface area contributed by atoms with Crippen LogP contribution in [0.2, 0.25) is 0 Å². The van der Waals surface area contributed by atoms with Crippen molar-refractivity contribution in [1.29, 1.82) is 0 Å². The maximum absolute atomic E-state index is 4.51. The molecule has 0 atom stereocenters. The molecule has 0 fully saturated rings. The molecule has 0 amide bonds. The molecule has 0 bridgehead atoms. The molecule has 1 aromatic heterocycles. The Labute approximate surface area is 84.8 Å². The number of fused-ring (bicyclic) bond motifs is 1. The van der Waals surface area contributed by atoms with E-state index >= 15 is 0 Å². The van der Waals surface area contributed by atoms with Crippen molar-refractivity contribution in [3.05, 3.63) is 41.1 Å². The Bertz CT molecular complexity index is 472. The maximum Gasteiger partial charge on any atom is 0.0733 e. The Morgan fingerprint density at radius 2 is 2.00 bits per heavy atom. The van der Waals surface area contributed by atoms with Gasteiger partial charge in [0.25, 0.3) is 0 Å². The van der Waals surface area contributed by atoms with Crippen LogP contribution >= 0.6 is 0 Å². The number of rotatable bonds is 1. The Balaban J connectivity index is 2.74. The Hall–Kier alpha value is -1.37. The number of pyridine rings is 1. The van der Waals surface area contributed by atoms with E-state index in [1.165, 1.54) is 22.1 Å². The first-order chi connectivity index (χ1) is 6.72. The van der Waals surface area contributed by atoms with Crippen molar-refractivity contribution in [1.82, 2.24) is 4.98 Å². The molecule has 2 rings (SSSR count). The summed E-state index contributed by atoms with van der Waals surface area (Å²) < 4.78 is 0. The van der Waals surface area contributed by atoms with E-state index in [1.807, 2.05) is 6.20 Å². The van der Waals surface area contributed by atoms with Gasteiger partial charge in [0.2, 0.25) is 0 Å². The number of aromatic nitrogens is 1. The average Bonchev–Trinajstić information content (AvgIpc) is 2.23. The SMILES string of the molecule is CCc1cnc2c(C)c(C)ccc2c1. The van der Waals surface area contributed by atoms with E-state index in [2.05, 4.69) is 44.0 Å². The van der Waals surface area contributed by atoms with Crippen LogP contribution in [0, 0.1) is 13.8 Å². The van der Waals surface area contributed by atoms with E-state index in [9.17, 15) is 0 Å². The molecule has 1 aromatic carbocycles. The van der Waals surface area contributed by atoms with Crippen molar-refractivity contribution in [2.45, 2.75) is 27.2 Å². The summed E-state index contributed by atoms with van der Waals surface area (Å²) in [7, 11) is 0. The van der Waals surface area contributed by atoms with Crippen LogP contribution in [-0.2, 0) is 6.42 Å². The van der Waals surface area contributed by atoms with Gasteiger partial charge in [-0.05, 0) is 43.0 Å². The minimum atomic E-state index is 1.05. The van der Waals surface area contributed by atoms with Gasteiger partial charge in [0.05, 0.1) is 5.52 Å². The van der Waals surface area contributed by atoms with Gasteiger partial charge >= 0.3 is 0 Å². The molecule has 0 saturated carbocycles. The summed E-state index contributed by atoms with van der Waals surface area (Å²) in [5.74, 6) is 0. The van der Waals surface area contributed by atoms with E-state index in [-0.39, 0.29) is 0 Å². The third kappa shape index (κ3) is 1.39. The standard InChI is InChI=1S/C13H15N/c1-4-11-7-12-6-5-9(2)10(3)13(12)14-8-11/h5-8H,4H2,1-3H3. The fourth-order valence-electron chi connectivity index (χ4n) is 1.69. The first-order valence-corrected chi connectivity index (χ1v) is 5.07. The van der Waals surface area contributed by atoms with E-state index in [0.717, 1.165) is 11.9 Å². The molecule has 0 unspecified atom stereocenters. The van der Waals surface area contributed by atoms with Crippen LogP contribution in [0.3, 0.4) is 0 Å². The minimum Gasteiger partial charge on any atom is -0.256 e. The quantitative estimate of drug-likeness (QED) is 0.663. The van der Waals surface area contributed by atoms with Gasteiger partial charge in [0.1, 0.15) is 0 Å². The van der Waals surface area contributed by atoms with Gasteiger partial charge in [-0.1, -0.05) is 19.1 Å². The molecule has 0 spiro atoms. The van der Waals surface area contributed by atoms with Crippen LogP contribution in [0.5, 0.6) is 0 Å². The van der Waals surface area contributed by atoms with Crippen LogP contribution in [0.4, 0.5) is 0 Å². The van der Waals surface area contributed by atoms with Crippen LogP contribution in [-0.4, -0.2) is 4.98 Å². The number of aryl methyl sites for hydroxylation is 3. The predicted octanol–water partition coefficient (Wildman–Crippen LogP) is 3.41. The molecular weight excluding hydrogens is 170 g/mol. The molecule has 0 aliphatic heterocycles. The zero-order chi connectivity index (χ0) is 10.1. The van der Waals surface area contributed by atoms with E-state index in [1.54, 1.807) is 0 Å². The molecule has 1 heteroatoms. The molecule has 0 aliphatic rings. The normalized spacial score (nSPS) is 10.8. The van der Waals surface area contributed by atoms with E-state index < -0.39 is 0 Å². The molecule has 1 nitrogen and oxygen atoms in total. The van der Waals surface area contributed by atoms with Crippen molar-refractivity contribution in [3.8, 4) is 0 Å². The van der Waals surface area contributed by atoms with Crippen molar-refractivity contribution in [3.63, 3.8) is 0 Å². The zero-order valence-corrected chi connectivity index (χ0v) is 8.96. The first kappa shape index (κ1) is 9.20.